The molecule has 1 heterocycles. The second-order valence-corrected chi connectivity index (χ2v) is 5.85. The molecule has 0 aliphatic heterocycles. The highest BCUT2D eigenvalue weighted by atomic mass is 19.1. The molecule has 6 nitrogen and oxygen atoms in total. The van der Waals surface area contributed by atoms with Crippen LogP contribution in [-0.4, -0.2) is 20.7 Å². The Morgan fingerprint density at radius 1 is 1.15 bits per heavy atom. The number of carbonyl (C=O) groups is 1. The van der Waals surface area contributed by atoms with Crippen molar-refractivity contribution in [3.8, 4) is 5.75 Å². The van der Waals surface area contributed by atoms with Crippen LogP contribution < -0.4 is 10.3 Å². The molecule has 0 atom stereocenters. The van der Waals surface area contributed by atoms with E-state index in [-0.39, 0.29) is 17.7 Å². The summed E-state index contributed by atoms with van der Waals surface area (Å²) in [6.07, 6.45) is 1.35. The van der Waals surface area contributed by atoms with Gasteiger partial charge in [-0.05, 0) is 11.6 Å². The molecule has 27 heavy (non-hydrogen) atoms. The van der Waals surface area contributed by atoms with Crippen LogP contribution in [0.3, 0.4) is 0 Å². The number of hydrogen-bond donors (Lipinski definition) is 1. The van der Waals surface area contributed by atoms with Gasteiger partial charge in [-0.1, -0.05) is 42.5 Å². The van der Waals surface area contributed by atoms with Gasteiger partial charge in [0, 0.05) is 17.2 Å². The van der Waals surface area contributed by atoms with Gasteiger partial charge in [0.05, 0.1) is 12.8 Å². The van der Waals surface area contributed by atoms with Crippen molar-refractivity contribution in [2.45, 2.75) is 19.8 Å². The Bertz CT molecular complexity index is 1000. The van der Waals surface area contributed by atoms with E-state index < -0.39 is 23.8 Å². The van der Waals surface area contributed by atoms with Crippen LogP contribution in [0.4, 0.5) is 4.39 Å². The number of nitrogens with zero attached hydrogens (tertiary/aromatic N) is 2. The zero-order chi connectivity index (χ0) is 19.2. The number of rotatable bonds is 7. The molecule has 0 aliphatic rings. The van der Waals surface area contributed by atoms with Crippen molar-refractivity contribution in [3.05, 3.63) is 93.7 Å². The molecule has 0 bridgehead atoms. The summed E-state index contributed by atoms with van der Waals surface area (Å²) in [5, 5.41) is 12.9. The molecule has 0 radical (unpaired) electrons. The second kappa shape index (κ2) is 8.37. The number of benzene rings is 2. The molecule has 3 rings (SSSR count). The van der Waals surface area contributed by atoms with Crippen LogP contribution in [0.15, 0.2) is 65.6 Å². The maximum atomic E-state index is 13.7. The van der Waals surface area contributed by atoms with Crippen molar-refractivity contribution in [3.63, 3.8) is 0 Å². The van der Waals surface area contributed by atoms with Crippen molar-refractivity contribution < 1.29 is 19.0 Å². The van der Waals surface area contributed by atoms with Gasteiger partial charge < -0.3 is 9.84 Å². The molecule has 0 aliphatic carbocycles. The van der Waals surface area contributed by atoms with E-state index in [1.807, 2.05) is 30.3 Å². The summed E-state index contributed by atoms with van der Waals surface area (Å²) >= 11 is 0. The highest BCUT2D eigenvalue weighted by molar-refractivity contribution is 5.95. The Morgan fingerprint density at radius 2 is 1.93 bits per heavy atom. The van der Waals surface area contributed by atoms with Gasteiger partial charge in [-0.25, -0.2) is 9.07 Å². The largest absolute Gasteiger partial charge is 0.487 e. The van der Waals surface area contributed by atoms with E-state index in [0.717, 1.165) is 16.3 Å². The lowest BCUT2D eigenvalue weighted by Crippen LogP contribution is -2.26. The molecule has 7 heteroatoms. The molecule has 0 saturated heterocycles. The number of aliphatic hydroxyl groups excluding tert-OH is 1. The fraction of sp³-hybridized carbons (Fsp3) is 0.150. The molecule has 2 aromatic carbocycles. The van der Waals surface area contributed by atoms with E-state index in [4.69, 9.17) is 9.84 Å². The van der Waals surface area contributed by atoms with Crippen molar-refractivity contribution in [2.75, 3.05) is 0 Å². The second-order valence-electron chi connectivity index (χ2n) is 5.85. The standard InChI is InChI=1S/C20H17FN2O4/c21-18-8-15(6-7-16(18)12-24)19(25)11-23-20(26)9-17(10-22-23)27-13-14-4-2-1-3-5-14/h1-10,24H,11-13H2. The first-order chi connectivity index (χ1) is 13.1. The van der Waals surface area contributed by atoms with Crippen molar-refractivity contribution in [1.29, 1.82) is 0 Å². The maximum Gasteiger partial charge on any atom is 0.270 e. The average molecular weight is 368 g/mol. The fourth-order valence-corrected chi connectivity index (χ4v) is 2.43. The molecule has 0 amide bonds. The van der Waals surface area contributed by atoms with Gasteiger partial charge in [0.15, 0.2) is 5.78 Å². The maximum absolute atomic E-state index is 13.7. The molecule has 0 fully saturated rings. The Labute approximate surface area is 154 Å². The third-order valence-corrected chi connectivity index (χ3v) is 3.93. The number of ether oxygens (including phenoxy) is 1. The number of halogens is 1. The van der Waals surface area contributed by atoms with E-state index in [1.54, 1.807) is 0 Å². The van der Waals surface area contributed by atoms with Crippen LogP contribution in [0, 0.1) is 5.82 Å². The highest BCUT2D eigenvalue weighted by Gasteiger charge is 2.12. The number of aliphatic hydroxyl groups is 1. The molecular formula is C20H17FN2O4. The first-order valence-electron chi connectivity index (χ1n) is 8.23. The quantitative estimate of drug-likeness (QED) is 0.648. The number of Topliss-reactive ketones (excluding diaryl/α,β-unsaturated/α-hetero) is 1. The lowest BCUT2D eigenvalue weighted by atomic mass is 10.1. The summed E-state index contributed by atoms with van der Waals surface area (Å²) in [5.74, 6) is -0.842. The van der Waals surface area contributed by atoms with Crippen molar-refractivity contribution in [2.24, 2.45) is 0 Å². The Hall–Kier alpha value is -3.32. The minimum absolute atomic E-state index is 0.0989. The van der Waals surface area contributed by atoms with Crippen LogP contribution in [0.25, 0.3) is 0 Å². The Morgan fingerprint density at radius 3 is 2.59 bits per heavy atom. The monoisotopic (exact) mass is 368 g/mol. The molecule has 1 N–H and O–H groups in total. The molecule has 0 saturated carbocycles. The van der Waals surface area contributed by atoms with E-state index in [0.29, 0.717) is 12.4 Å². The average Bonchev–Trinajstić information content (AvgIpc) is 2.69. The highest BCUT2D eigenvalue weighted by Crippen LogP contribution is 2.12. The first-order valence-corrected chi connectivity index (χ1v) is 8.23. The summed E-state index contributed by atoms with van der Waals surface area (Å²) in [6, 6.07) is 14.5. The van der Waals surface area contributed by atoms with Crippen LogP contribution in [0.2, 0.25) is 0 Å². The summed E-state index contributed by atoms with van der Waals surface area (Å²) in [4.78, 5) is 24.4. The van der Waals surface area contributed by atoms with Crippen LogP contribution in [-0.2, 0) is 19.8 Å². The molecular weight excluding hydrogens is 351 g/mol. The predicted molar refractivity (Wildman–Crippen MR) is 95.9 cm³/mol. The topological polar surface area (TPSA) is 81.4 Å². The van der Waals surface area contributed by atoms with E-state index in [9.17, 15) is 14.0 Å². The zero-order valence-electron chi connectivity index (χ0n) is 14.3. The third kappa shape index (κ3) is 4.65. The number of hydrogen-bond acceptors (Lipinski definition) is 5. The lowest BCUT2D eigenvalue weighted by molar-refractivity contribution is 0.0964. The fourth-order valence-electron chi connectivity index (χ4n) is 2.43. The van der Waals surface area contributed by atoms with Crippen molar-refractivity contribution in [1.82, 2.24) is 9.78 Å². The summed E-state index contributed by atoms with van der Waals surface area (Å²) < 4.78 is 20.2. The van der Waals surface area contributed by atoms with Gasteiger partial charge in [0.1, 0.15) is 24.7 Å². The number of aromatic nitrogens is 2. The molecule has 3 aromatic rings. The molecule has 138 valence electrons. The molecule has 0 unspecified atom stereocenters. The predicted octanol–water partition coefficient (Wildman–Crippen LogP) is 2.34. The zero-order valence-corrected chi connectivity index (χ0v) is 14.3. The van der Waals surface area contributed by atoms with Crippen molar-refractivity contribution >= 4 is 5.78 Å². The third-order valence-electron chi connectivity index (χ3n) is 3.93. The Balaban J connectivity index is 1.68. The van der Waals surface area contributed by atoms with Gasteiger partial charge in [-0.15, -0.1) is 0 Å². The molecule has 0 spiro atoms. The summed E-state index contributed by atoms with van der Waals surface area (Å²) in [5.41, 5.74) is 0.649. The smallest absolute Gasteiger partial charge is 0.270 e. The van der Waals surface area contributed by atoms with E-state index >= 15 is 0 Å². The number of ketones is 1. The van der Waals surface area contributed by atoms with E-state index in [2.05, 4.69) is 5.10 Å². The first kappa shape index (κ1) is 18.5. The van der Waals surface area contributed by atoms with Gasteiger partial charge >= 0.3 is 0 Å². The Kier molecular flexibility index (Phi) is 5.73. The normalized spacial score (nSPS) is 10.6. The van der Waals surface area contributed by atoms with Crippen LogP contribution >= 0.6 is 0 Å². The minimum atomic E-state index is -0.673. The van der Waals surface area contributed by atoms with Gasteiger partial charge in [0.2, 0.25) is 0 Å². The van der Waals surface area contributed by atoms with Crippen LogP contribution in [0.5, 0.6) is 5.75 Å². The van der Waals surface area contributed by atoms with Gasteiger partial charge in [-0.2, -0.15) is 5.10 Å². The van der Waals surface area contributed by atoms with Gasteiger partial charge in [-0.3, -0.25) is 9.59 Å². The SMILES string of the molecule is O=C(Cn1ncc(OCc2ccccc2)cc1=O)c1ccc(CO)c(F)c1. The minimum Gasteiger partial charge on any atom is -0.487 e. The molecule has 1 aromatic heterocycles. The van der Waals surface area contributed by atoms with Gasteiger partial charge in [0.25, 0.3) is 5.56 Å². The summed E-state index contributed by atoms with van der Waals surface area (Å²) in [7, 11) is 0. The summed E-state index contributed by atoms with van der Waals surface area (Å²) in [6.45, 7) is -0.483. The van der Waals surface area contributed by atoms with E-state index in [1.165, 1.54) is 24.4 Å². The van der Waals surface area contributed by atoms with Crippen LogP contribution in [0.1, 0.15) is 21.5 Å². The number of carbonyl (C=O) groups excluding carboxylic acids is 1. The lowest BCUT2D eigenvalue weighted by Gasteiger charge is -2.08.